The second-order valence-electron chi connectivity index (χ2n) is 6.32. The Morgan fingerprint density at radius 2 is 2.00 bits per heavy atom. The summed E-state index contributed by atoms with van der Waals surface area (Å²) in [5, 5.41) is 3.09. The molecule has 1 aliphatic carbocycles. The Hall–Kier alpha value is -0.910. The summed E-state index contributed by atoms with van der Waals surface area (Å²) >= 11 is 0. The normalized spacial score (nSPS) is 15.9. The molecule has 1 saturated carbocycles. The summed E-state index contributed by atoms with van der Waals surface area (Å²) in [6.07, 6.45) is 1.97. The van der Waals surface area contributed by atoms with E-state index < -0.39 is 10.0 Å². The lowest BCUT2D eigenvalue weighted by molar-refractivity contribution is 0.360. The molecule has 0 amide bonds. The van der Waals surface area contributed by atoms with Gasteiger partial charge in [0.15, 0.2) is 0 Å². The van der Waals surface area contributed by atoms with Crippen LogP contribution in [0.2, 0.25) is 0 Å². The maximum absolute atomic E-state index is 12.9. The third-order valence-corrected chi connectivity index (χ3v) is 5.71. The minimum Gasteiger partial charge on any atom is -0.316 e. The van der Waals surface area contributed by atoms with E-state index in [-0.39, 0.29) is 6.04 Å². The average molecular weight is 310 g/mol. The van der Waals surface area contributed by atoms with Crippen molar-refractivity contribution in [2.45, 2.75) is 51.1 Å². The summed E-state index contributed by atoms with van der Waals surface area (Å²) < 4.78 is 27.5. The van der Waals surface area contributed by atoms with Crippen molar-refractivity contribution < 1.29 is 8.42 Å². The van der Waals surface area contributed by atoms with E-state index in [9.17, 15) is 8.42 Å². The molecule has 21 heavy (non-hydrogen) atoms. The number of rotatable bonds is 7. The molecule has 0 spiro atoms. The van der Waals surface area contributed by atoms with Gasteiger partial charge in [-0.1, -0.05) is 19.9 Å². The van der Waals surface area contributed by atoms with E-state index >= 15 is 0 Å². The van der Waals surface area contributed by atoms with Crippen LogP contribution in [-0.4, -0.2) is 32.4 Å². The molecule has 1 aromatic carbocycles. The highest BCUT2D eigenvalue weighted by molar-refractivity contribution is 7.89. The molecular weight excluding hydrogens is 284 g/mol. The molecule has 0 aromatic heterocycles. The summed E-state index contributed by atoms with van der Waals surface area (Å²) in [6.45, 7) is 7.42. The fourth-order valence-electron chi connectivity index (χ4n) is 2.49. The minimum absolute atomic E-state index is 0.200. The van der Waals surface area contributed by atoms with Crippen molar-refractivity contribution in [2.24, 2.45) is 5.92 Å². The van der Waals surface area contributed by atoms with Crippen LogP contribution in [-0.2, 0) is 16.6 Å². The summed E-state index contributed by atoms with van der Waals surface area (Å²) in [6, 6.07) is 5.66. The van der Waals surface area contributed by atoms with E-state index in [1.54, 1.807) is 10.4 Å². The SMILES string of the molecule is CNCc1cc(S(=O)(=O)N(CC(C)C)C2CC2)ccc1C. The van der Waals surface area contributed by atoms with Gasteiger partial charge in [-0.25, -0.2) is 8.42 Å². The number of nitrogens with one attached hydrogen (secondary N) is 1. The zero-order valence-corrected chi connectivity index (χ0v) is 14.2. The minimum atomic E-state index is -3.38. The largest absolute Gasteiger partial charge is 0.316 e. The predicted octanol–water partition coefficient (Wildman–Crippen LogP) is 2.52. The molecule has 0 aliphatic heterocycles. The van der Waals surface area contributed by atoms with Crippen molar-refractivity contribution in [1.82, 2.24) is 9.62 Å². The van der Waals surface area contributed by atoms with Crippen LogP contribution in [0.1, 0.15) is 37.8 Å². The topological polar surface area (TPSA) is 49.4 Å². The Balaban J connectivity index is 2.35. The van der Waals surface area contributed by atoms with Crippen LogP contribution in [0.3, 0.4) is 0 Å². The number of nitrogens with zero attached hydrogens (tertiary/aromatic N) is 1. The highest BCUT2D eigenvalue weighted by Crippen LogP contribution is 2.33. The molecule has 0 heterocycles. The molecule has 1 N–H and O–H groups in total. The Kier molecular flexibility index (Phi) is 5.07. The van der Waals surface area contributed by atoms with Crippen molar-refractivity contribution >= 4 is 10.0 Å². The van der Waals surface area contributed by atoms with Crippen molar-refractivity contribution in [3.8, 4) is 0 Å². The van der Waals surface area contributed by atoms with Crippen LogP contribution < -0.4 is 5.32 Å². The van der Waals surface area contributed by atoms with Crippen LogP contribution >= 0.6 is 0 Å². The van der Waals surface area contributed by atoms with E-state index in [2.05, 4.69) is 19.2 Å². The quantitative estimate of drug-likeness (QED) is 0.842. The maximum Gasteiger partial charge on any atom is 0.243 e. The van der Waals surface area contributed by atoms with E-state index in [0.29, 0.717) is 23.9 Å². The highest BCUT2D eigenvalue weighted by Gasteiger charge is 2.38. The molecular formula is C16H26N2O2S. The molecule has 5 heteroatoms. The molecule has 2 rings (SSSR count). The third kappa shape index (κ3) is 3.84. The first-order valence-electron chi connectivity index (χ1n) is 7.62. The molecule has 1 aliphatic rings. The first-order chi connectivity index (χ1) is 9.86. The fourth-order valence-corrected chi connectivity index (χ4v) is 4.39. The van der Waals surface area contributed by atoms with Gasteiger partial charge in [-0.05, 0) is 56.0 Å². The summed E-state index contributed by atoms with van der Waals surface area (Å²) in [5.41, 5.74) is 2.16. The van der Waals surface area contributed by atoms with Crippen LogP contribution in [0.4, 0.5) is 0 Å². The Bertz CT molecular complexity index is 592. The standard InChI is InChI=1S/C16H26N2O2S/c1-12(2)11-18(15-6-7-15)21(19,20)16-8-5-13(3)14(9-16)10-17-4/h5,8-9,12,15,17H,6-7,10-11H2,1-4H3. The zero-order chi connectivity index (χ0) is 15.6. The summed E-state index contributed by atoms with van der Waals surface area (Å²) in [4.78, 5) is 0.422. The molecule has 118 valence electrons. The molecule has 0 atom stereocenters. The van der Waals surface area contributed by atoms with Crippen molar-refractivity contribution in [2.75, 3.05) is 13.6 Å². The molecule has 1 aromatic rings. The molecule has 0 radical (unpaired) electrons. The van der Waals surface area contributed by atoms with Gasteiger partial charge in [0.1, 0.15) is 0 Å². The second kappa shape index (κ2) is 6.46. The molecule has 0 bridgehead atoms. The van der Waals surface area contributed by atoms with Gasteiger partial charge in [0.2, 0.25) is 10.0 Å². The van der Waals surface area contributed by atoms with Crippen molar-refractivity contribution in [3.05, 3.63) is 29.3 Å². The third-order valence-electron chi connectivity index (χ3n) is 3.79. The highest BCUT2D eigenvalue weighted by atomic mass is 32.2. The fraction of sp³-hybridized carbons (Fsp3) is 0.625. The summed E-state index contributed by atoms with van der Waals surface area (Å²) in [7, 11) is -1.51. The molecule has 0 saturated heterocycles. The Morgan fingerprint density at radius 1 is 1.33 bits per heavy atom. The van der Waals surface area contributed by atoms with Crippen LogP contribution in [0, 0.1) is 12.8 Å². The van der Waals surface area contributed by atoms with E-state index in [4.69, 9.17) is 0 Å². The molecule has 4 nitrogen and oxygen atoms in total. The van der Waals surface area contributed by atoms with Gasteiger partial charge in [-0.15, -0.1) is 0 Å². The first kappa shape index (κ1) is 16.5. The number of benzene rings is 1. The number of hydrogen-bond acceptors (Lipinski definition) is 3. The van der Waals surface area contributed by atoms with Gasteiger partial charge < -0.3 is 5.32 Å². The molecule has 1 fully saturated rings. The van der Waals surface area contributed by atoms with Crippen molar-refractivity contribution in [1.29, 1.82) is 0 Å². The van der Waals surface area contributed by atoms with Gasteiger partial charge in [0.25, 0.3) is 0 Å². The van der Waals surface area contributed by atoms with Gasteiger partial charge in [-0.3, -0.25) is 0 Å². The maximum atomic E-state index is 12.9. The lowest BCUT2D eigenvalue weighted by Crippen LogP contribution is -2.36. The van der Waals surface area contributed by atoms with Gasteiger partial charge in [0.05, 0.1) is 4.90 Å². The van der Waals surface area contributed by atoms with E-state index in [1.165, 1.54) is 0 Å². The van der Waals surface area contributed by atoms with E-state index in [1.807, 2.05) is 26.1 Å². The van der Waals surface area contributed by atoms with Crippen molar-refractivity contribution in [3.63, 3.8) is 0 Å². The second-order valence-corrected chi connectivity index (χ2v) is 8.21. The summed E-state index contributed by atoms with van der Waals surface area (Å²) in [5.74, 6) is 0.336. The lowest BCUT2D eigenvalue weighted by atomic mass is 10.1. The number of aryl methyl sites for hydroxylation is 1. The smallest absolute Gasteiger partial charge is 0.243 e. The van der Waals surface area contributed by atoms with Gasteiger partial charge >= 0.3 is 0 Å². The number of hydrogen-bond donors (Lipinski definition) is 1. The monoisotopic (exact) mass is 310 g/mol. The van der Waals surface area contributed by atoms with E-state index in [0.717, 1.165) is 24.0 Å². The van der Waals surface area contributed by atoms with Crippen LogP contribution in [0.5, 0.6) is 0 Å². The van der Waals surface area contributed by atoms with Gasteiger partial charge in [-0.2, -0.15) is 4.31 Å². The average Bonchev–Trinajstić information content (AvgIpc) is 3.22. The molecule has 0 unspecified atom stereocenters. The van der Waals surface area contributed by atoms with Crippen LogP contribution in [0.15, 0.2) is 23.1 Å². The predicted molar refractivity (Wildman–Crippen MR) is 85.7 cm³/mol. The Morgan fingerprint density at radius 3 is 2.52 bits per heavy atom. The lowest BCUT2D eigenvalue weighted by Gasteiger charge is -2.24. The van der Waals surface area contributed by atoms with Crippen LogP contribution in [0.25, 0.3) is 0 Å². The van der Waals surface area contributed by atoms with Gasteiger partial charge in [0, 0.05) is 19.1 Å². The number of sulfonamides is 1. The first-order valence-corrected chi connectivity index (χ1v) is 9.06. The Labute approximate surface area is 128 Å². The zero-order valence-electron chi connectivity index (χ0n) is 13.4.